The van der Waals surface area contributed by atoms with Gasteiger partial charge in [0.05, 0.1) is 5.69 Å². The zero-order valence-electron chi connectivity index (χ0n) is 8.15. The van der Waals surface area contributed by atoms with Gasteiger partial charge in [0.25, 0.3) is 0 Å². The minimum absolute atomic E-state index is 0.287. The number of pyridine rings is 1. The minimum atomic E-state index is 0.287. The number of hydrogen-bond acceptors (Lipinski definition) is 3. The molecule has 0 unspecified atom stereocenters. The van der Waals surface area contributed by atoms with Crippen LogP contribution in [0.5, 0.6) is 11.6 Å². The molecule has 0 aliphatic heterocycles. The number of halogens is 2. The highest BCUT2D eigenvalue weighted by Crippen LogP contribution is 2.27. The molecule has 0 atom stereocenters. The van der Waals surface area contributed by atoms with Crippen molar-refractivity contribution >= 4 is 28.9 Å². The molecular weight excluding hydrogens is 247 g/mol. The van der Waals surface area contributed by atoms with Crippen LogP contribution in [0.25, 0.3) is 0 Å². The molecule has 2 N–H and O–H groups in total. The number of nitrogens with two attached hydrogens (primary N) is 1. The number of hydrogen-bond donors (Lipinski definition) is 1. The van der Waals surface area contributed by atoms with Crippen molar-refractivity contribution < 1.29 is 4.74 Å². The summed E-state index contributed by atoms with van der Waals surface area (Å²) in [5, 5.41) is 0.970. The maximum Gasteiger partial charge on any atom is 0.244 e. The maximum absolute atomic E-state index is 5.75. The average molecular weight is 255 g/mol. The van der Waals surface area contributed by atoms with Gasteiger partial charge in [-0.25, -0.2) is 0 Å². The molecular formula is C11H8Cl2N2O. The second-order valence-corrected chi connectivity index (χ2v) is 3.91. The van der Waals surface area contributed by atoms with Gasteiger partial charge in [0.2, 0.25) is 5.88 Å². The third-order valence-corrected chi connectivity index (χ3v) is 2.35. The SMILES string of the molecule is Nc1ccc(Cl)nc1Oc1ccc(Cl)cc1. The van der Waals surface area contributed by atoms with Crippen molar-refractivity contribution in [3.05, 3.63) is 46.6 Å². The summed E-state index contributed by atoms with van der Waals surface area (Å²) in [6.45, 7) is 0. The Kier molecular flexibility index (Phi) is 3.17. The summed E-state index contributed by atoms with van der Waals surface area (Å²) in [6.07, 6.45) is 0. The van der Waals surface area contributed by atoms with E-state index in [4.69, 9.17) is 33.7 Å². The Bertz CT molecular complexity index is 500. The second-order valence-electron chi connectivity index (χ2n) is 3.08. The van der Waals surface area contributed by atoms with Gasteiger partial charge in [-0.15, -0.1) is 0 Å². The lowest BCUT2D eigenvalue weighted by molar-refractivity contribution is 0.466. The molecule has 0 aliphatic carbocycles. The molecule has 1 aromatic carbocycles. The van der Waals surface area contributed by atoms with Crippen LogP contribution in [0, 0.1) is 0 Å². The van der Waals surface area contributed by atoms with Crippen LogP contribution in [0.1, 0.15) is 0 Å². The van der Waals surface area contributed by atoms with Crippen LogP contribution in [-0.2, 0) is 0 Å². The lowest BCUT2D eigenvalue weighted by Crippen LogP contribution is -1.94. The van der Waals surface area contributed by atoms with Crippen molar-refractivity contribution in [3.8, 4) is 11.6 Å². The van der Waals surface area contributed by atoms with Crippen molar-refractivity contribution in [2.24, 2.45) is 0 Å². The van der Waals surface area contributed by atoms with Crippen molar-refractivity contribution in [3.63, 3.8) is 0 Å². The van der Waals surface area contributed by atoms with E-state index in [1.807, 2.05) is 0 Å². The number of anilines is 1. The Morgan fingerprint density at radius 2 is 1.69 bits per heavy atom. The fourth-order valence-electron chi connectivity index (χ4n) is 1.12. The standard InChI is InChI=1S/C11H8Cl2N2O/c12-7-1-3-8(4-2-7)16-11-9(14)5-6-10(13)15-11/h1-6H,14H2. The Hall–Kier alpha value is -1.45. The molecule has 0 radical (unpaired) electrons. The van der Waals surface area contributed by atoms with Gasteiger partial charge in [0, 0.05) is 5.02 Å². The van der Waals surface area contributed by atoms with Crippen LogP contribution in [0.4, 0.5) is 5.69 Å². The van der Waals surface area contributed by atoms with E-state index in [0.717, 1.165) is 0 Å². The summed E-state index contributed by atoms with van der Waals surface area (Å²) < 4.78 is 5.47. The van der Waals surface area contributed by atoms with Gasteiger partial charge in [-0.2, -0.15) is 4.98 Å². The molecule has 0 spiro atoms. The van der Waals surface area contributed by atoms with Gasteiger partial charge in [0.1, 0.15) is 10.9 Å². The minimum Gasteiger partial charge on any atom is -0.437 e. The first kappa shape index (κ1) is 11.0. The van der Waals surface area contributed by atoms with Crippen molar-refractivity contribution in [2.75, 3.05) is 5.73 Å². The van der Waals surface area contributed by atoms with E-state index in [1.54, 1.807) is 36.4 Å². The fraction of sp³-hybridized carbons (Fsp3) is 0. The molecule has 2 aromatic rings. The first-order chi connectivity index (χ1) is 7.65. The fourth-order valence-corrected chi connectivity index (χ4v) is 1.39. The predicted molar refractivity (Wildman–Crippen MR) is 65.2 cm³/mol. The summed E-state index contributed by atoms with van der Waals surface area (Å²) in [7, 11) is 0. The predicted octanol–water partition coefficient (Wildman–Crippen LogP) is 3.76. The van der Waals surface area contributed by atoms with E-state index >= 15 is 0 Å². The lowest BCUT2D eigenvalue weighted by Gasteiger charge is -2.07. The number of ether oxygens (including phenoxy) is 1. The third-order valence-electron chi connectivity index (χ3n) is 1.88. The number of nitrogen functional groups attached to an aromatic ring is 1. The summed E-state index contributed by atoms with van der Waals surface area (Å²) in [4.78, 5) is 3.98. The van der Waals surface area contributed by atoms with Crippen LogP contribution in [-0.4, -0.2) is 4.98 Å². The molecule has 0 fully saturated rings. The number of nitrogens with zero attached hydrogens (tertiary/aromatic N) is 1. The summed E-state index contributed by atoms with van der Waals surface area (Å²) in [6, 6.07) is 10.1. The van der Waals surface area contributed by atoms with Crippen molar-refractivity contribution in [2.45, 2.75) is 0 Å². The molecule has 1 heterocycles. The number of benzene rings is 1. The normalized spacial score (nSPS) is 10.1. The van der Waals surface area contributed by atoms with E-state index in [9.17, 15) is 0 Å². The van der Waals surface area contributed by atoms with Crippen LogP contribution in [0.15, 0.2) is 36.4 Å². The largest absolute Gasteiger partial charge is 0.437 e. The van der Waals surface area contributed by atoms with Crippen molar-refractivity contribution in [1.29, 1.82) is 0 Å². The molecule has 0 saturated carbocycles. The molecule has 1 aromatic heterocycles. The number of rotatable bonds is 2. The second kappa shape index (κ2) is 4.60. The van der Waals surface area contributed by atoms with Gasteiger partial charge >= 0.3 is 0 Å². The molecule has 0 aliphatic rings. The molecule has 16 heavy (non-hydrogen) atoms. The van der Waals surface area contributed by atoms with Gasteiger partial charge in [-0.05, 0) is 36.4 Å². The molecule has 0 bridgehead atoms. The average Bonchev–Trinajstić information content (AvgIpc) is 2.27. The Balaban J connectivity index is 2.26. The van der Waals surface area contributed by atoms with E-state index in [-0.39, 0.29) is 5.88 Å². The van der Waals surface area contributed by atoms with Crippen LogP contribution in [0.2, 0.25) is 10.2 Å². The maximum atomic E-state index is 5.75. The van der Waals surface area contributed by atoms with Crippen molar-refractivity contribution in [1.82, 2.24) is 4.98 Å². The third kappa shape index (κ3) is 2.56. The summed E-state index contributed by atoms with van der Waals surface area (Å²) in [5.41, 5.74) is 6.12. The smallest absolute Gasteiger partial charge is 0.244 e. The molecule has 0 amide bonds. The quantitative estimate of drug-likeness (QED) is 0.831. The zero-order chi connectivity index (χ0) is 11.5. The molecule has 5 heteroatoms. The first-order valence-electron chi connectivity index (χ1n) is 4.50. The highest BCUT2D eigenvalue weighted by Gasteiger charge is 2.04. The van der Waals surface area contributed by atoms with Crippen LogP contribution >= 0.6 is 23.2 Å². The monoisotopic (exact) mass is 254 g/mol. The van der Waals surface area contributed by atoms with Gasteiger partial charge < -0.3 is 10.5 Å². The molecule has 0 saturated heterocycles. The number of aromatic nitrogens is 1. The van der Waals surface area contributed by atoms with E-state index in [0.29, 0.717) is 21.6 Å². The highest BCUT2D eigenvalue weighted by atomic mass is 35.5. The highest BCUT2D eigenvalue weighted by molar-refractivity contribution is 6.30. The lowest BCUT2D eigenvalue weighted by atomic mass is 10.3. The van der Waals surface area contributed by atoms with Crippen LogP contribution in [0.3, 0.4) is 0 Å². The Morgan fingerprint density at radius 1 is 1.00 bits per heavy atom. The Labute approximate surface area is 103 Å². The molecule has 2 rings (SSSR count). The van der Waals surface area contributed by atoms with E-state index in [1.165, 1.54) is 0 Å². The Morgan fingerprint density at radius 3 is 2.38 bits per heavy atom. The van der Waals surface area contributed by atoms with Gasteiger partial charge in [-0.1, -0.05) is 23.2 Å². The van der Waals surface area contributed by atoms with E-state index in [2.05, 4.69) is 4.98 Å². The van der Waals surface area contributed by atoms with Gasteiger partial charge in [-0.3, -0.25) is 0 Å². The summed E-state index contributed by atoms with van der Waals surface area (Å²) >= 11 is 11.5. The van der Waals surface area contributed by atoms with E-state index < -0.39 is 0 Å². The topological polar surface area (TPSA) is 48.1 Å². The van der Waals surface area contributed by atoms with Crippen LogP contribution < -0.4 is 10.5 Å². The zero-order valence-corrected chi connectivity index (χ0v) is 9.66. The van der Waals surface area contributed by atoms with Gasteiger partial charge in [0.15, 0.2) is 0 Å². The molecule has 3 nitrogen and oxygen atoms in total. The molecule has 82 valence electrons. The first-order valence-corrected chi connectivity index (χ1v) is 5.26. The summed E-state index contributed by atoms with van der Waals surface area (Å²) in [5.74, 6) is 0.890.